The average Bonchev–Trinajstić information content (AvgIpc) is 2.44. The molecule has 0 aromatic carbocycles. The van der Waals surface area contributed by atoms with Crippen molar-refractivity contribution in [2.24, 2.45) is 23.7 Å². The summed E-state index contributed by atoms with van der Waals surface area (Å²) in [6, 6.07) is 0. The molecule has 1 aliphatic carbocycles. The molecule has 0 amide bonds. The highest BCUT2D eigenvalue weighted by Crippen LogP contribution is 2.46. The lowest BCUT2D eigenvalue weighted by atomic mass is 9.80. The van der Waals surface area contributed by atoms with Crippen LogP contribution in [0, 0.1) is 23.7 Å². The number of rotatable bonds is 0. The van der Waals surface area contributed by atoms with Gasteiger partial charge in [0.25, 0.3) is 0 Å². The number of carbonyl (C=O) groups is 1. The molecule has 2 rings (SSSR count). The van der Waals surface area contributed by atoms with E-state index in [2.05, 4.69) is 6.92 Å². The van der Waals surface area contributed by atoms with Gasteiger partial charge in [-0.05, 0) is 24.7 Å². The van der Waals surface area contributed by atoms with E-state index in [1.807, 2.05) is 6.92 Å². The Labute approximate surface area is 78.1 Å². The Balaban J connectivity index is 2.21. The first-order valence-corrected chi connectivity index (χ1v) is 5.00. The first kappa shape index (κ1) is 9.00. The Morgan fingerprint density at radius 1 is 1.38 bits per heavy atom. The number of carbonyl (C=O) groups excluding carboxylic acids is 1. The van der Waals surface area contributed by atoms with Crippen molar-refractivity contribution in [3.8, 4) is 0 Å². The summed E-state index contributed by atoms with van der Waals surface area (Å²) in [6.07, 6.45) is 1.30. The molecule has 1 aliphatic heterocycles. The first-order valence-electron chi connectivity index (χ1n) is 5.00. The SMILES string of the molecule is C[C@@H]1CC[C@@H]2[C@H]1C(O)OC(=O)[C@H]2C. The second kappa shape index (κ2) is 2.98. The molecule has 1 saturated carbocycles. The van der Waals surface area contributed by atoms with Gasteiger partial charge in [0, 0.05) is 5.92 Å². The van der Waals surface area contributed by atoms with Crippen LogP contribution in [0.1, 0.15) is 26.7 Å². The summed E-state index contributed by atoms with van der Waals surface area (Å²) in [5.41, 5.74) is 0. The largest absolute Gasteiger partial charge is 0.435 e. The van der Waals surface area contributed by atoms with Gasteiger partial charge in [-0.25, -0.2) is 0 Å². The van der Waals surface area contributed by atoms with Crippen LogP contribution in [0.2, 0.25) is 0 Å². The first-order chi connectivity index (χ1) is 6.11. The van der Waals surface area contributed by atoms with Gasteiger partial charge in [-0.15, -0.1) is 0 Å². The smallest absolute Gasteiger partial charge is 0.311 e. The van der Waals surface area contributed by atoms with Gasteiger partial charge in [0.15, 0.2) is 0 Å². The Hall–Kier alpha value is -0.570. The molecular formula is C10H16O3. The van der Waals surface area contributed by atoms with E-state index in [0.29, 0.717) is 11.8 Å². The molecule has 2 fully saturated rings. The summed E-state index contributed by atoms with van der Waals surface area (Å²) in [7, 11) is 0. The van der Waals surface area contributed by atoms with Gasteiger partial charge in [-0.1, -0.05) is 13.8 Å². The molecule has 13 heavy (non-hydrogen) atoms. The van der Waals surface area contributed by atoms with Crippen LogP contribution in [0.15, 0.2) is 0 Å². The van der Waals surface area contributed by atoms with Gasteiger partial charge in [0.2, 0.25) is 6.29 Å². The quantitative estimate of drug-likeness (QED) is 0.575. The van der Waals surface area contributed by atoms with Crippen molar-refractivity contribution in [1.29, 1.82) is 0 Å². The Kier molecular flexibility index (Phi) is 2.06. The molecule has 0 bridgehead atoms. The fraction of sp³-hybridized carbons (Fsp3) is 0.900. The normalized spacial score (nSPS) is 50.1. The summed E-state index contributed by atoms with van der Waals surface area (Å²) >= 11 is 0. The van der Waals surface area contributed by atoms with Crippen LogP contribution in [-0.4, -0.2) is 17.4 Å². The molecule has 1 saturated heterocycles. The van der Waals surface area contributed by atoms with Gasteiger partial charge < -0.3 is 9.84 Å². The maximum absolute atomic E-state index is 11.3. The number of cyclic esters (lactones) is 1. The molecule has 3 nitrogen and oxygen atoms in total. The zero-order chi connectivity index (χ0) is 9.59. The number of ether oxygens (including phenoxy) is 1. The van der Waals surface area contributed by atoms with E-state index in [0.717, 1.165) is 12.8 Å². The van der Waals surface area contributed by atoms with Crippen molar-refractivity contribution >= 4 is 5.97 Å². The fourth-order valence-corrected chi connectivity index (χ4v) is 2.82. The van der Waals surface area contributed by atoms with Crippen LogP contribution < -0.4 is 0 Å². The van der Waals surface area contributed by atoms with Crippen molar-refractivity contribution in [2.45, 2.75) is 33.0 Å². The van der Waals surface area contributed by atoms with Crippen LogP contribution in [0.25, 0.3) is 0 Å². The number of fused-ring (bicyclic) bond motifs is 1. The van der Waals surface area contributed by atoms with E-state index in [1.165, 1.54) is 0 Å². The molecule has 1 N–H and O–H groups in total. The van der Waals surface area contributed by atoms with E-state index in [1.54, 1.807) is 0 Å². The van der Waals surface area contributed by atoms with Gasteiger partial charge in [0.1, 0.15) is 0 Å². The fourth-order valence-electron chi connectivity index (χ4n) is 2.82. The monoisotopic (exact) mass is 184 g/mol. The summed E-state index contributed by atoms with van der Waals surface area (Å²) < 4.78 is 4.90. The average molecular weight is 184 g/mol. The van der Waals surface area contributed by atoms with Gasteiger partial charge in [0.05, 0.1) is 5.92 Å². The molecule has 3 heteroatoms. The van der Waals surface area contributed by atoms with E-state index in [9.17, 15) is 9.90 Å². The summed E-state index contributed by atoms with van der Waals surface area (Å²) in [5, 5.41) is 9.59. The molecule has 1 unspecified atom stereocenters. The molecule has 0 aromatic rings. The summed E-state index contributed by atoms with van der Waals surface area (Å²) in [6.45, 7) is 4.03. The lowest BCUT2D eigenvalue weighted by Gasteiger charge is -2.35. The molecule has 2 aliphatic rings. The highest BCUT2D eigenvalue weighted by Gasteiger charge is 2.48. The van der Waals surface area contributed by atoms with Crippen LogP contribution in [0.5, 0.6) is 0 Å². The predicted octanol–water partition coefficient (Wildman–Crippen LogP) is 1.16. The number of hydrogen-bond donors (Lipinski definition) is 1. The molecule has 0 aromatic heterocycles. The Morgan fingerprint density at radius 3 is 2.77 bits per heavy atom. The van der Waals surface area contributed by atoms with Crippen LogP contribution in [0.3, 0.4) is 0 Å². The van der Waals surface area contributed by atoms with Crippen molar-refractivity contribution < 1.29 is 14.6 Å². The van der Waals surface area contributed by atoms with Gasteiger partial charge in [-0.3, -0.25) is 4.79 Å². The molecule has 5 atom stereocenters. The van der Waals surface area contributed by atoms with Crippen molar-refractivity contribution in [1.82, 2.24) is 0 Å². The zero-order valence-electron chi connectivity index (χ0n) is 8.06. The highest BCUT2D eigenvalue weighted by atomic mass is 16.6. The lowest BCUT2D eigenvalue weighted by Crippen LogP contribution is -2.43. The minimum atomic E-state index is -0.855. The standard InChI is InChI=1S/C10H16O3/c1-5-3-4-7-6(2)9(11)13-10(12)8(5)7/h5-8,10,12H,3-4H2,1-2H3/t5-,6+,7+,8+,10?/m1/s1. The van der Waals surface area contributed by atoms with Crippen LogP contribution >= 0.6 is 0 Å². The molecule has 0 spiro atoms. The Bertz CT molecular complexity index is 226. The second-order valence-electron chi connectivity index (χ2n) is 4.41. The minimum Gasteiger partial charge on any atom is -0.435 e. The van der Waals surface area contributed by atoms with E-state index in [-0.39, 0.29) is 17.8 Å². The van der Waals surface area contributed by atoms with E-state index in [4.69, 9.17) is 4.74 Å². The maximum atomic E-state index is 11.3. The number of hydrogen-bond acceptors (Lipinski definition) is 3. The number of aliphatic hydroxyl groups excluding tert-OH is 1. The zero-order valence-corrected chi connectivity index (χ0v) is 8.06. The molecule has 1 heterocycles. The Morgan fingerprint density at radius 2 is 2.08 bits per heavy atom. The molecule has 74 valence electrons. The minimum absolute atomic E-state index is 0.0293. The summed E-state index contributed by atoms with van der Waals surface area (Å²) in [4.78, 5) is 11.3. The third-order valence-electron chi connectivity index (χ3n) is 3.69. The number of aliphatic hydroxyl groups is 1. The highest BCUT2D eigenvalue weighted by molar-refractivity contribution is 5.73. The van der Waals surface area contributed by atoms with Crippen molar-refractivity contribution in [2.75, 3.05) is 0 Å². The lowest BCUT2D eigenvalue weighted by molar-refractivity contribution is -0.206. The van der Waals surface area contributed by atoms with Crippen molar-refractivity contribution in [3.63, 3.8) is 0 Å². The number of esters is 1. The third-order valence-corrected chi connectivity index (χ3v) is 3.69. The predicted molar refractivity (Wildman–Crippen MR) is 46.6 cm³/mol. The summed E-state index contributed by atoms with van der Waals surface area (Å²) in [5.74, 6) is 0.732. The maximum Gasteiger partial charge on any atom is 0.311 e. The van der Waals surface area contributed by atoms with E-state index >= 15 is 0 Å². The molecule has 0 radical (unpaired) electrons. The second-order valence-corrected chi connectivity index (χ2v) is 4.41. The van der Waals surface area contributed by atoms with Crippen LogP contribution in [-0.2, 0) is 9.53 Å². The van der Waals surface area contributed by atoms with Crippen molar-refractivity contribution in [3.05, 3.63) is 0 Å². The molecular weight excluding hydrogens is 168 g/mol. The van der Waals surface area contributed by atoms with E-state index < -0.39 is 6.29 Å². The third kappa shape index (κ3) is 1.26. The van der Waals surface area contributed by atoms with Gasteiger partial charge >= 0.3 is 5.97 Å². The topological polar surface area (TPSA) is 46.5 Å². The van der Waals surface area contributed by atoms with Gasteiger partial charge in [-0.2, -0.15) is 0 Å². The van der Waals surface area contributed by atoms with Crippen LogP contribution in [0.4, 0.5) is 0 Å².